The summed E-state index contributed by atoms with van der Waals surface area (Å²) in [6.07, 6.45) is 1.38. The van der Waals surface area contributed by atoms with Crippen LogP contribution in [0.2, 0.25) is 0 Å². The second-order valence-electron chi connectivity index (χ2n) is 4.75. The van der Waals surface area contributed by atoms with E-state index in [-0.39, 0.29) is 5.57 Å². The predicted molar refractivity (Wildman–Crippen MR) is 82.6 cm³/mol. The van der Waals surface area contributed by atoms with E-state index >= 15 is 0 Å². The van der Waals surface area contributed by atoms with Crippen LogP contribution in [0.1, 0.15) is 5.56 Å². The second-order valence-corrected chi connectivity index (χ2v) is 4.75. The monoisotopic (exact) mass is 308 g/mol. The fraction of sp³-hybridized carbons (Fsp3) is 0. The highest BCUT2D eigenvalue weighted by atomic mass is 16.5. The minimum absolute atomic E-state index is 0.159. The van der Waals surface area contributed by atoms with Crippen molar-refractivity contribution in [2.45, 2.75) is 0 Å². The molecule has 0 spiro atoms. The molecule has 114 valence electrons. The van der Waals surface area contributed by atoms with Gasteiger partial charge in [0.1, 0.15) is 17.1 Å². The van der Waals surface area contributed by atoms with Crippen LogP contribution in [0.5, 0.6) is 11.5 Å². The van der Waals surface area contributed by atoms with Crippen LogP contribution in [0.3, 0.4) is 0 Å². The van der Waals surface area contributed by atoms with Gasteiger partial charge >= 0.3 is 6.03 Å². The van der Waals surface area contributed by atoms with Crippen LogP contribution in [0.15, 0.2) is 60.2 Å². The van der Waals surface area contributed by atoms with Gasteiger partial charge in [0.15, 0.2) is 0 Å². The highest BCUT2D eigenvalue weighted by Gasteiger charge is 2.27. The summed E-state index contributed by atoms with van der Waals surface area (Å²) in [5.74, 6) is -0.365. The summed E-state index contributed by atoms with van der Waals surface area (Å²) in [7, 11) is 0. The van der Waals surface area contributed by atoms with Gasteiger partial charge in [-0.2, -0.15) is 0 Å². The quantitative estimate of drug-likeness (QED) is 0.672. The fourth-order valence-electron chi connectivity index (χ4n) is 2.07. The largest absolute Gasteiger partial charge is 0.457 e. The molecular weight excluding hydrogens is 296 g/mol. The molecule has 1 aliphatic heterocycles. The number of amides is 4. The Morgan fingerprint density at radius 2 is 1.39 bits per heavy atom. The molecule has 0 unspecified atom stereocenters. The number of nitrogens with one attached hydrogen (secondary N) is 2. The topological polar surface area (TPSA) is 84.5 Å². The van der Waals surface area contributed by atoms with Crippen molar-refractivity contribution in [3.05, 3.63) is 65.7 Å². The highest BCUT2D eigenvalue weighted by molar-refractivity contribution is 6.31. The van der Waals surface area contributed by atoms with Gasteiger partial charge in [-0.15, -0.1) is 0 Å². The van der Waals surface area contributed by atoms with Gasteiger partial charge in [-0.3, -0.25) is 20.2 Å². The van der Waals surface area contributed by atoms with E-state index in [1.807, 2.05) is 28.8 Å². The molecule has 0 bridgehead atoms. The Hall–Kier alpha value is -3.41. The van der Waals surface area contributed by atoms with Crippen LogP contribution in [0.25, 0.3) is 6.08 Å². The Bertz CT molecular complexity index is 790. The van der Waals surface area contributed by atoms with Gasteiger partial charge in [0.25, 0.3) is 11.8 Å². The molecule has 6 nitrogen and oxygen atoms in total. The van der Waals surface area contributed by atoms with Crippen molar-refractivity contribution in [2.24, 2.45) is 0 Å². The van der Waals surface area contributed by atoms with Crippen LogP contribution in [-0.4, -0.2) is 17.8 Å². The number of imide groups is 2. The van der Waals surface area contributed by atoms with Crippen molar-refractivity contribution in [1.29, 1.82) is 0 Å². The zero-order valence-corrected chi connectivity index (χ0v) is 11.9. The number of benzene rings is 2. The number of urea groups is 1. The summed E-state index contributed by atoms with van der Waals surface area (Å²) in [6.45, 7) is 0. The first-order valence-corrected chi connectivity index (χ1v) is 6.84. The molecule has 1 aliphatic rings. The first-order valence-electron chi connectivity index (χ1n) is 6.84. The number of rotatable bonds is 3. The van der Waals surface area contributed by atoms with Gasteiger partial charge in [-0.25, -0.2) is 4.79 Å². The van der Waals surface area contributed by atoms with Crippen molar-refractivity contribution >= 4 is 23.9 Å². The van der Waals surface area contributed by atoms with Crippen molar-refractivity contribution in [3.63, 3.8) is 0 Å². The van der Waals surface area contributed by atoms with Crippen LogP contribution < -0.4 is 15.4 Å². The van der Waals surface area contributed by atoms with E-state index in [0.29, 0.717) is 17.1 Å². The average Bonchev–Trinajstić information content (AvgIpc) is 2.53. The number of carbonyl (C=O) groups is 3. The molecule has 1 heterocycles. The summed E-state index contributed by atoms with van der Waals surface area (Å²) >= 11 is 0. The summed E-state index contributed by atoms with van der Waals surface area (Å²) in [5.41, 5.74) is 0.389. The van der Waals surface area contributed by atoms with Gasteiger partial charge in [0, 0.05) is 5.56 Å². The Kier molecular flexibility index (Phi) is 3.88. The molecule has 4 amide bonds. The lowest BCUT2D eigenvalue weighted by Crippen LogP contribution is -2.51. The van der Waals surface area contributed by atoms with Crippen molar-refractivity contribution in [3.8, 4) is 11.5 Å². The van der Waals surface area contributed by atoms with Gasteiger partial charge in [0.05, 0.1) is 0 Å². The molecule has 0 aliphatic carbocycles. The molecule has 2 N–H and O–H groups in total. The first kappa shape index (κ1) is 14.5. The predicted octanol–water partition coefficient (Wildman–Crippen LogP) is 2.23. The summed E-state index contributed by atoms with van der Waals surface area (Å²) < 4.78 is 5.77. The molecule has 2 aromatic carbocycles. The molecule has 0 saturated carbocycles. The molecule has 1 saturated heterocycles. The molecule has 0 atom stereocenters. The Morgan fingerprint density at radius 3 is 2.09 bits per heavy atom. The lowest BCUT2D eigenvalue weighted by Gasteiger charge is -2.15. The standard InChI is InChI=1S/C17H12N2O4/c20-15-13(16(21)19-17(22)18-15)10-11-6-4-5-9-14(11)23-12-7-2-1-3-8-12/h1-10H,(H2,18,19,20,21,22). The normalized spacial score (nSPS) is 14.1. The molecular formula is C17H12N2O4. The number of carbonyl (C=O) groups excluding carboxylic acids is 3. The SMILES string of the molecule is O=C1NC(=O)C(=Cc2ccccc2Oc2ccccc2)C(=O)N1. The lowest BCUT2D eigenvalue weighted by atomic mass is 10.1. The van der Waals surface area contributed by atoms with E-state index in [4.69, 9.17) is 4.74 Å². The van der Waals surface area contributed by atoms with Crippen molar-refractivity contribution < 1.29 is 19.1 Å². The Morgan fingerprint density at radius 1 is 0.783 bits per heavy atom. The van der Waals surface area contributed by atoms with E-state index < -0.39 is 17.8 Å². The van der Waals surface area contributed by atoms with Crippen LogP contribution in [-0.2, 0) is 9.59 Å². The molecule has 6 heteroatoms. The van der Waals surface area contributed by atoms with E-state index in [1.54, 1.807) is 36.4 Å². The molecule has 0 radical (unpaired) electrons. The smallest absolute Gasteiger partial charge is 0.328 e. The second kappa shape index (κ2) is 6.15. The third-order valence-corrected chi connectivity index (χ3v) is 3.13. The molecule has 23 heavy (non-hydrogen) atoms. The molecule has 0 aromatic heterocycles. The number of barbiturate groups is 1. The number of hydrogen-bond donors (Lipinski definition) is 2. The Labute approximate surface area is 131 Å². The zero-order valence-electron chi connectivity index (χ0n) is 11.9. The van der Waals surface area contributed by atoms with Crippen LogP contribution in [0.4, 0.5) is 4.79 Å². The maximum Gasteiger partial charge on any atom is 0.328 e. The van der Waals surface area contributed by atoms with Gasteiger partial charge in [-0.1, -0.05) is 36.4 Å². The Balaban J connectivity index is 1.94. The van der Waals surface area contributed by atoms with E-state index in [2.05, 4.69) is 0 Å². The molecule has 3 rings (SSSR count). The lowest BCUT2D eigenvalue weighted by molar-refractivity contribution is -0.123. The summed E-state index contributed by atoms with van der Waals surface area (Å²) in [6, 6.07) is 15.3. The van der Waals surface area contributed by atoms with Crippen molar-refractivity contribution in [1.82, 2.24) is 10.6 Å². The van der Waals surface area contributed by atoms with Crippen LogP contribution >= 0.6 is 0 Å². The summed E-state index contributed by atoms with van der Waals surface area (Å²) in [5, 5.41) is 4.06. The molecule has 1 fully saturated rings. The number of para-hydroxylation sites is 2. The number of ether oxygens (including phenoxy) is 1. The van der Waals surface area contributed by atoms with E-state index in [0.717, 1.165) is 0 Å². The minimum atomic E-state index is -0.828. The maximum absolute atomic E-state index is 11.8. The van der Waals surface area contributed by atoms with Gasteiger partial charge < -0.3 is 4.74 Å². The van der Waals surface area contributed by atoms with Gasteiger partial charge in [-0.05, 0) is 24.3 Å². The highest BCUT2D eigenvalue weighted by Crippen LogP contribution is 2.27. The maximum atomic E-state index is 11.8. The minimum Gasteiger partial charge on any atom is -0.457 e. The fourth-order valence-corrected chi connectivity index (χ4v) is 2.07. The first-order chi connectivity index (χ1) is 11.1. The van der Waals surface area contributed by atoms with Crippen LogP contribution in [0, 0.1) is 0 Å². The number of hydrogen-bond acceptors (Lipinski definition) is 4. The summed E-state index contributed by atoms with van der Waals surface area (Å²) in [4.78, 5) is 34.6. The average molecular weight is 308 g/mol. The van der Waals surface area contributed by atoms with Gasteiger partial charge in [0.2, 0.25) is 0 Å². The van der Waals surface area contributed by atoms with Crippen molar-refractivity contribution in [2.75, 3.05) is 0 Å². The third-order valence-electron chi connectivity index (χ3n) is 3.13. The van der Waals surface area contributed by atoms with E-state index in [1.165, 1.54) is 6.08 Å². The zero-order chi connectivity index (χ0) is 16.2. The van der Waals surface area contributed by atoms with E-state index in [9.17, 15) is 14.4 Å². The third kappa shape index (κ3) is 3.26. The molecule has 2 aromatic rings.